The van der Waals surface area contributed by atoms with Gasteiger partial charge in [-0.1, -0.05) is 34.1 Å². The topological polar surface area (TPSA) is 9.23 Å². The Morgan fingerprint density at radius 3 is 2.41 bits per heavy atom. The summed E-state index contributed by atoms with van der Waals surface area (Å²) in [5, 5.41) is 0.687. The van der Waals surface area contributed by atoms with Crippen LogP contribution in [0, 0.1) is 0 Å². The van der Waals surface area contributed by atoms with Gasteiger partial charge in [0.15, 0.2) is 0 Å². The maximum atomic E-state index is 5.99. The summed E-state index contributed by atoms with van der Waals surface area (Å²) in [5.74, 6) is 1.63. The monoisotopic (exact) mass is 306 g/mol. The van der Waals surface area contributed by atoms with Gasteiger partial charge in [0.25, 0.3) is 0 Å². The van der Waals surface area contributed by atoms with E-state index < -0.39 is 0 Å². The lowest BCUT2D eigenvalue weighted by Crippen LogP contribution is -2.01. The van der Waals surface area contributed by atoms with Crippen molar-refractivity contribution in [2.45, 2.75) is 0 Å². The minimum absolute atomic E-state index is 0.687. The highest BCUT2D eigenvalue weighted by Crippen LogP contribution is 2.44. The van der Waals surface area contributed by atoms with Gasteiger partial charge in [-0.2, -0.15) is 0 Å². The van der Waals surface area contributed by atoms with Crippen LogP contribution in [-0.4, -0.2) is 0 Å². The molecule has 0 saturated carbocycles. The first-order chi connectivity index (χ1) is 8.15. The molecule has 2 aromatic rings. The van der Waals surface area contributed by atoms with Crippen molar-refractivity contribution in [3.63, 3.8) is 0 Å². The van der Waals surface area contributed by atoms with Gasteiger partial charge in [-0.15, -0.1) is 0 Å². The summed E-state index contributed by atoms with van der Waals surface area (Å²) in [7, 11) is 0. The largest absolute Gasteiger partial charge is 0.456 e. The highest BCUT2D eigenvalue weighted by Gasteiger charge is 2.20. The molecule has 2 aromatic carbocycles. The van der Waals surface area contributed by atoms with Crippen LogP contribution < -0.4 is 4.74 Å². The van der Waals surface area contributed by atoms with Crippen LogP contribution in [0.5, 0.6) is 11.5 Å². The van der Waals surface area contributed by atoms with Crippen molar-refractivity contribution in [2.24, 2.45) is 0 Å². The molecule has 84 valence electrons. The van der Waals surface area contributed by atoms with E-state index in [1.807, 2.05) is 36.4 Å². The van der Waals surface area contributed by atoms with Crippen molar-refractivity contribution in [1.29, 1.82) is 0 Å². The van der Waals surface area contributed by atoms with Crippen LogP contribution in [0.1, 0.15) is 11.1 Å². The number of halogens is 2. The van der Waals surface area contributed by atoms with Gasteiger partial charge in [-0.25, -0.2) is 0 Å². The van der Waals surface area contributed by atoms with Crippen LogP contribution in [-0.2, 0) is 0 Å². The van der Waals surface area contributed by atoms with Gasteiger partial charge in [0.1, 0.15) is 11.5 Å². The molecule has 0 atom stereocenters. The maximum absolute atomic E-state index is 5.99. The Labute approximate surface area is 113 Å². The van der Waals surface area contributed by atoms with Crippen LogP contribution in [0.2, 0.25) is 5.02 Å². The summed E-state index contributed by atoms with van der Waals surface area (Å²) in [6.07, 6.45) is 0. The molecule has 1 nitrogen and oxygen atoms in total. The normalized spacial score (nSPS) is 12.7. The van der Waals surface area contributed by atoms with Gasteiger partial charge >= 0.3 is 0 Å². The predicted octanol–water partition coefficient (Wildman–Crippen LogP) is 5.27. The Morgan fingerprint density at radius 2 is 1.65 bits per heavy atom. The van der Waals surface area contributed by atoms with E-state index in [1.54, 1.807) is 0 Å². The predicted molar refractivity (Wildman–Crippen MR) is 73.8 cm³/mol. The molecule has 0 unspecified atom stereocenters. The van der Waals surface area contributed by atoms with Crippen LogP contribution in [0.25, 0.3) is 5.57 Å². The smallest absolute Gasteiger partial charge is 0.135 e. The molecule has 0 radical (unpaired) electrons. The summed E-state index contributed by atoms with van der Waals surface area (Å²) in [6.45, 7) is 4.12. The summed E-state index contributed by atoms with van der Waals surface area (Å²) in [6, 6.07) is 11.4. The fourth-order valence-electron chi connectivity index (χ4n) is 1.92. The molecular weight excluding hydrogens is 300 g/mol. The summed E-state index contributed by atoms with van der Waals surface area (Å²) in [5.41, 5.74) is 2.88. The summed E-state index contributed by atoms with van der Waals surface area (Å²) >= 11 is 9.44. The molecule has 0 fully saturated rings. The second-order valence-corrected chi connectivity index (χ2v) is 5.21. The zero-order valence-electron chi connectivity index (χ0n) is 8.84. The number of benzene rings is 2. The minimum Gasteiger partial charge on any atom is -0.456 e. The van der Waals surface area contributed by atoms with E-state index in [0.717, 1.165) is 32.7 Å². The SMILES string of the molecule is C=C1c2cc(Cl)ccc2Oc2ccc(Br)cc21. The lowest BCUT2D eigenvalue weighted by atomic mass is 9.96. The molecule has 17 heavy (non-hydrogen) atoms. The molecule has 0 bridgehead atoms. The summed E-state index contributed by atoms with van der Waals surface area (Å²) < 4.78 is 6.82. The van der Waals surface area contributed by atoms with Crippen molar-refractivity contribution < 1.29 is 4.74 Å². The second-order valence-electron chi connectivity index (χ2n) is 3.86. The highest BCUT2D eigenvalue weighted by atomic mass is 79.9. The van der Waals surface area contributed by atoms with E-state index >= 15 is 0 Å². The average Bonchev–Trinajstić information content (AvgIpc) is 2.32. The van der Waals surface area contributed by atoms with Gasteiger partial charge in [-0.3, -0.25) is 0 Å². The Balaban J connectivity index is 2.21. The Morgan fingerprint density at radius 1 is 1.00 bits per heavy atom. The van der Waals surface area contributed by atoms with E-state index in [9.17, 15) is 0 Å². The summed E-state index contributed by atoms with van der Waals surface area (Å²) in [4.78, 5) is 0. The van der Waals surface area contributed by atoms with Gasteiger partial charge in [0, 0.05) is 20.6 Å². The van der Waals surface area contributed by atoms with Gasteiger partial charge in [-0.05, 0) is 42.0 Å². The number of hydrogen-bond donors (Lipinski definition) is 0. The van der Waals surface area contributed by atoms with E-state index in [-0.39, 0.29) is 0 Å². The number of hydrogen-bond acceptors (Lipinski definition) is 1. The third-order valence-electron chi connectivity index (χ3n) is 2.75. The first-order valence-corrected chi connectivity index (χ1v) is 6.29. The Kier molecular flexibility index (Phi) is 2.49. The van der Waals surface area contributed by atoms with Crippen molar-refractivity contribution in [2.75, 3.05) is 0 Å². The van der Waals surface area contributed by atoms with Gasteiger partial charge in [0.05, 0.1) is 0 Å². The first kappa shape index (κ1) is 10.9. The Hall–Kier alpha value is -1.25. The molecule has 1 aliphatic rings. The lowest BCUT2D eigenvalue weighted by molar-refractivity contribution is 0.474. The molecule has 0 saturated heterocycles. The quantitative estimate of drug-likeness (QED) is 0.550. The second kappa shape index (κ2) is 3.90. The minimum atomic E-state index is 0.687. The van der Waals surface area contributed by atoms with E-state index in [1.165, 1.54) is 0 Å². The maximum Gasteiger partial charge on any atom is 0.135 e. The Bertz CT molecular complexity index is 581. The number of fused-ring (bicyclic) bond motifs is 2. The van der Waals surface area contributed by atoms with Crippen molar-refractivity contribution >= 4 is 33.1 Å². The van der Waals surface area contributed by atoms with E-state index in [4.69, 9.17) is 16.3 Å². The van der Waals surface area contributed by atoms with E-state index in [0.29, 0.717) is 5.02 Å². The number of rotatable bonds is 0. The zero-order chi connectivity index (χ0) is 12.0. The van der Waals surface area contributed by atoms with Crippen molar-refractivity contribution in [3.8, 4) is 11.5 Å². The standard InChI is InChI=1S/C14H8BrClO/c1-8-11-6-9(15)2-4-13(11)17-14-5-3-10(16)7-12(8)14/h2-7H,1H2. The lowest BCUT2D eigenvalue weighted by Gasteiger charge is -2.22. The molecule has 0 spiro atoms. The number of ether oxygens (including phenoxy) is 1. The van der Waals surface area contributed by atoms with E-state index in [2.05, 4.69) is 22.5 Å². The molecule has 0 aromatic heterocycles. The molecule has 0 N–H and O–H groups in total. The van der Waals surface area contributed by atoms with Crippen LogP contribution in [0.4, 0.5) is 0 Å². The van der Waals surface area contributed by atoms with Crippen LogP contribution in [0.3, 0.4) is 0 Å². The van der Waals surface area contributed by atoms with Gasteiger partial charge < -0.3 is 4.74 Å². The molecule has 0 amide bonds. The van der Waals surface area contributed by atoms with Crippen LogP contribution >= 0.6 is 27.5 Å². The molecule has 3 rings (SSSR count). The highest BCUT2D eigenvalue weighted by molar-refractivity contribution is 9.10. The first-order valence-electron chi connectivity index (χ1n) is 5.12. The third kappa shape index (κ3) is 1.78. The fraction of sp³-hybridized carbons (Fsp3) is 0. The zero-order valence-corrected chi connectivity index (χ0v) is 11.2. The van der Waals surface area contributed by atoms with Gasteiger partial charge in [0.2, 0.25) is 0 Å². The van der Waals surface area contributed by atoms with Crippen molar-refractivity contribution in [3.05, 3.63) is 63.6 Å². The molecular formula is C14H8BrClO. The molecule has 0 aliphatic carbocycles. The fourth-order valence-corrected chi connectivity index (χ4v) is 2.45. The van der Waals surface area contributed by atoms with Crippen LogP contribution in [0.15, 0.2) is 47.4 Å². The third-order valence-corrected chi connectivity index (χ3v) is 3.48. The molecule has 1 aliphatic heterocycles. The molecule has 1 heterocycles. The molecule has 3 heteroatoms. The van der Waals surface area contributed by atoms with Crippen molar-refractivity contribution in [1.82, 2.24) is 0 Å². The average molecular weight is 308 g/mol.